The second kappa shape index (κ2) is 7.96. The number of carbonyl (C=O) groups excluding carboxylic acids is 1. The molecule has 0 aromatic heterocycles. The number of likely N-dealkylation sites (N-methyl/N-ethyl adjacent to an activating group) is 1. The fourth-order valence-corrected chi connectivity index (χ4v) is 2.57. The predicted molar refractivity (Wildman–Crippen MR) is 81.5 cm³/mol. The SMILES string of the molecule is CCN1CCOC(CNC(=O)C(CN)CC(C)(C)C)C1. The van der Waals surface area contributed by atoms with Gasteiger partial charge in [-0.2, -0.15) is 0 Å². The second-order valence-corrected chi connectivity index (χ2v) is 6.83. The third kappa shape index (κ3) is 6.20. The quantitative estimate of drug-likeness (QED) is 0.759. The molecule has 1 rings (SSSR count). The van der Waals surface area contributed by atoms with E-state index < -0.39 is 0 Å². The minimum absolute atomic E-state index is 0.0552. The third-order valence-electron chi connectivity index (χ3n) is 3.69. The van der Waals surface area contributed by atoms with Crippen molar-refractivity contribution in [1.29, 1.82) is 0 Å². The summed E-state index contributed by atoms with van der Waals surface area (Å²) in [5.41, 5.74) is 5.85. The Morgan fingerprint density at radius 2 is 2.20 bits per heavy atom. The molecule has 0 spiro atoms. The first-order valence-electron chi connectivity index (χ1n) is 7.67. The second-order valence-electron chi connectivity index (χ2n) is 6.83. The lowest BCUT2D eigenvalue weighted by atomic mass is 9.84. The maximum Gasteiger partial charge on any atom is 0.224 e. The predicted octanol–water partition coefficient (Wildman–Crippen LogP) is 0.834. The van der Waals surface area contributed by atoms with E-state index in [1.807, 2.05) is 0 Å². The van der Waals surface area contributed by atoms with Crippen molar-refractivity contribution in [3.05, 3.63) is 0 Å². The summed E-state index contributed by atoms with van der Waals surface area (Å²) < 4.78 is 5.69. The smallest absolute Gasteiger partial charge is 0.224 e. The lowest BCUT2D eigenvalue weighted by Crippen LogP contribution is -2.48. The molecular weight excluding hydrogens is 254 g/mol. The summed E-state index contributed by atoms with van der Waals surface area (Å²) in [5.74, 6) is -0.0551. The van der Waals surface area contributed by atoms with Gasteiger partial charge in [-0.1, -0.05) is 27.7 Å². The van der Waals surface area contributed by atoms with Gasteiger partial charge in [0.15, 0.2) is 0 Å². The summed E-state index contributed by atoms with van der Waals surface area (Å²) in [4.78, 5) is 14.5. The van der Waals surface area contributed by atoms with Crippen molar-refractivity contribution < 1.29 is 9.53 Å². The molecule has 1 fully saturated rings. The monoisotopic (exact) mass is 285 g/mol. The molecule has 0 aromatic rings. The van der Waals surface area contributed by atoms with Gasteiger partial charge in [-0.15, -0.1) is 0 Å². The summed E-state index contributed by atoms with van der Waals surface area (Å²) in [7, 11) is 0. The van der Waals surface area contributed by atoms with Crippen LogP contribution in [0.4, 0.5) is 0 Å². The third-order valence-corrected chi connectivity index (χ3v) is 3.69. The van der Waals surface area contributed by atoms with Crippen molar-refractivity contribution >= 4 is 5.91 Å². The molecule has 1 aliphatic rings. The van der Waals surface area contributed by atoms with Crippen molar-refractivity contribution in [3.8, 4) is 0 Å². The zero-order valence-electron chi connectivity index (χ0n) is 13.4. The molecule has 118 valence electrons. The van der Waals surface area contributed by atoms with Crippen molar-refractivity contribution in [2.45, 2.75) is 40.2 Å². The zero-order chi connectivity index (χ0) is 15.2. The summed E-state index contributed by atoms with van der Waals surface area (Å²) in [6.07, 6.45) is 0.905. The topological polar surface area (TPSA) is 67.6 Å². The lowest BCUT2D eigenvalue weighted by molar-refractivity contribution is -0.126. The Morgan fingerprint density at radius 3 is 2.75 bits per heavy atom. The van der Waals surface area contributed by atoms with E-state index in [9.17, 15) is 4.79 Å². The normalized spacial score (nSPS) is 22.6. The summed E-state index contributed by atoms with van der Waals surface area (Å²) in [6, 6.07) is 0. The lowest BCUT2D eigenvalue weighted by Gasteiger charge is -2.32. The number of nitrogens with one attached hydrogen (secondary N) is 1. The van der Waals surface area contributed by atoms with Crippen LogP contribution < -0.4 is 11.1 Å². The minimum Gasteiger partial charge on any atom is -0.374 e. The molecule has 5 nitrogen and oxygen atoms in total. The van der Waals surface area contributed by atoms with Crippen LogP contribution >= 0.6 is 0 Å². The van der Waals surface area contributed by atoms with Crippen LogP contribution in [0.15, 0.2) is 0 Å². The van der Waals surface area contributed by atoms with Gasteiger partial charge in [-0.25, -0.2) is 0 Å². The number of amides is 1. The molecule has 0 radical (unpaired) electrons. The average Bonchev–Trinajstić information content (AvgIpc) is 2.41. The molecule has 3 N–H and O–H groups in total. The van der Waals surface area contributed by atoms with Crippen LogP contribution in [-0.2, 0) is 9.53 Å². The summed E-state index contributed by atoms with van der Waals surface area (Å²) in [5, 5.41) is 3.00. The molecule has 1 amide bonds. The van der Waals surface area contributed by atoms with Crippen LogP contribution in [0.5, 0.6) is 0 Å². The molecule has 2 unspecified atom stereocenters. The highest BCUT2D eigenvalue weighted by Crippen LogP contribution is 2.24. The number of hydrogen-bond acceptors (Lipinski definition) is 4. The van der Waals surface area contributed by atoms with E-state index in [2.05, 4.69) is 37.9 Å². The molecule has 1 aliphatic heterocycles. The fourth-order valence-electron chi connectivity index (χ4n) is 2.57. The largest absolute Gasteiger partial charge is 0.374 e. The van der Waals surface area contributed by atoms with Gasteiger partial charge < -0.3 is 15.8 Å². The Labute approximate surface area is 123 Å². The average molecular weight is 285 g/mol. The molecule has 20 heavy (non-hydrogen) atoms. The van der Waals surface area contributed by atoms with Crippen LogP contribution in [0, 0.1) is 11.3 Å². The molecule has 0 aromatic carbocycles. The Balaban J connectivity index is 2.37. The first-order chi connectivity index (χ1) is 9.35. The summed E-state index contributed by atoms with van der Waals surface area (Å²) >= 11 is 0. The van der Waals surface area contributed by atoms with Crippen molar-refractivity contribution in [3.63, 3.8) is 0 Å². The van der Waals surface area contributed by atoms with Gasteiger partial charge in [0.25, 0.3) is 0 Å². The zero-order valence-corrected chi connectivity index (χ0v) is 13.4. The van der Waals surface area contributed by atoms with E-state index >= 15 is 0 Å². The van der Waals surface area contributed by atoms with Crippen LogP contribution in [0.3, 0.4) is 0 Å². The van der Waals surface area contributed by atoms with Crippen LogP contribution in [0.1, 0.15) is 34.1 Å². The van der Waals surface area contributed by atoms with E-state index in [1.165, 1.54) is 0 Å². The van der Waals surface area contributed by atoms with Crippen molar-refractivity contribution in [1.82, 2.24) is 10.2 Å². The number of morpholine rings is 1. The number of carbonyl (C=O) groups is 1. The number of nitrogens with zero attached hydrogens (tertiary/aromatic N) is 1. The van der Waals surface area contributed by atoms with E-state index in [1.54, 1.807) is 0 Å². The Bertz CT molecular complexity index is 302. The van der Waals surface area contributed by atoms with Crippen LogP contribution in [0.2, 0.25) is 0 Å². The minimum atomic E-state index is -0.110. The number of rotatable bonds is 6. The van der Waals surface area contributed by atoms with E-state index in [4.69, 9.17) is 10.5 Å². The number of ether oxygens (including phenoxy) is 1. The Kier molecular flexibility index (Phi) is 6.92. The fraction of sp³-hybridized carbons (Fsp3) is 0.933. The highest BCUT2D eigenvalue weighted by molar-refractivity contribution is 5.78. The van der Waals surface area contributed by atoms with Gasteiger partial charge in [0.2, 0.25) is 5.91 Å². The molecule has 0 aliphatic carbocycles. The highest BCUT2D eigenvalue weighted by Gasteiger charge is 2.25. The Morgan fingerprint density at radius 1 is 1.50 bits per heavy atom. The van der Waals surface area contributed by atoms with Gasteiger partial charge in [0, 0.05) is 26.2 Å². The molecular formula is C15H31N3O2. The van der Waals surface area contributed by atoms with E-state index in [0.717, 1.165) is 32.7 Å². The van der Waals surface area contributed by atoms with Crippen LogP contribution in [-0.4, -0.2) is 56.2 Å². The van der Waals surface area contributed by atoms with Crippen molar-refractivity contribution in [2.75, 3.05) is 39.3 Å². The molecule has 1 saturated heterocycles. The van der Waals surface area contributed by atoms with Gasteiger partial charge in [-0.05, 0) is 18.4 Å². The maximum absolute atomic E-state index is 12.2. The molecule has 0 saturated carbocycles. The van der Waals surface area contributed by atoms with Crippen molar-refractivity contribution in [2.24, 2.45) is 17.1 Å². The highest BCUT2D eigenvalue weighted by atomic mass is 16.5. The molecule has 0 bridgehead atoms. The molecule has 5 heteroatoms. The molecule has 1 heterocycles. The maximum atomic E-state index is 12.2. The number of nitrogens with two attached hydrogens (primary N) is 1. The van der Waals surface area contributed by atoms with Gasteiger partial charge in [-0.3, -0.25) is 9.69 Å². The number of hydrogen-bond donors (Lipinski definition) is 2. The van der Waals surface area contributed by atoms with Gasteiger partial charge in [0.1, 0.15) is 0 Å². The Hall–Kier alpha value is -0.650. The standard InChI is InChI=1S/C15H31N3O2/c1-5-18-6-7-20-13(11-18)10-17-14(19)12(9-16)8-15(2,3)4/h12-13H,5-11,16H2,1-4H3,(H,17,19). The first-order valence-corrected chi connectivity index (χ1v) is 7.67. The van der Waals surface area contributed by atoms with Crippen LogP contribution in [0.25, 0.3) is 0 Å². The van der Waals surface area contributed by atoms with Gasteiger partial charge in [0.05, 0.1) is 18.6 Å². The van der Waals surface area contributed by atoms with E-state index in [0.29, 0.717) is 13.1 Å². The van der Waals surface area contributed by atoms with E-state index in [-0.39, 0.29) is 23.3 Å². The first kappa shape index (κ1) is 17.4. The molecule has 2 atom stereocenters. The summed E-state index contributed by atoms with van der Waals surface area (Å²) in [6.45, 7) is 13.2. The van der Waals surface area contributed by atoms with Gasteiger partial charge >= 0.3 is 0 Å².